The molecule has 0 saturated carbocycles. The van der Waals surface area contributed by atoms with E-state index >= 15 is 0 Å². The van der Waals surface area contributed by atoms with Crippen molar-refractivity contribution in [3.05, 3.63) is 29.8 Å². The zero-order valence-corrected chi connectivity index (χ0v) is 9.51. The standard InChI is InChI=1S/C12H15NO4/c1-8(5-11(15)16)7-13-12(17)9-3-2-4-10(14)6-9/h2-4,6,8,14H,5,7H2,1H3,(H,13,17)(H,15,16). The van der Waals surface area contributed by atoms with Gasteiger partial charge in [0.1, 0.15) is 5.75 Å². The first-order chi connectivity index (χ1) is 7.99. The summed E-state index contributed by atoms with van der Waals surface area (Å²) in [4.78, 5) is 22.0. The fourth-order valence-electron chi connectivity index (χ4n) is 1.39. The number of hydrogen-bond acceptors (Lipinski definition) is 3. The molecule has 5 nitrogen and oxygen atoms in total. The zero-order chi connectivity index (χ0) is 12.8. The average molecular weight is 237 g/mol. The summed E-state index contributed by atoms with van der Waals surface area (Å²) in [5, 5.41) is 20.4. The van der Waals surface area contributed by atoms with Crippen molar-refractivity contribution in [3.8, 4) is 5.75 Å². The molecule has 3 N–H and O–H groups in total. The monoisotopic (exact) mass is 237 g/mol. The topological polar surface area (TPSA) is 86.6 Å². The molecule has 0 saturated heterocycles. The van der Waals surface area contributed by atoms with Gasteiger partial charge >= 0.3 is 5.97 Å². The molecule has 1 aromatic rings. The summed E-state index contributed by atoms with van der Waals surface area (Å²) in [6.07, 6.45) is 0.0142. The van der Waals surface area contributed by atoms with Crippen LogP contribution in [0.4, 0.5) is 0 Å². The fraction of sp³-hybridized carbons (Fsp3) is 0.333. The maximum absolute atomic E-state index is 11.6. The second-order valence-corrected chi connectivity index (χ2v) is 3.96. The number of phenols is 1. The highest BCUT2D eigenvalue weighted by atomic mass is 16.4. The van der Waals surface area contributed by atoms with Gasteiger partial charge in [-0.3, -0.25) is 9.59 Å². The third kappa shape index (κ3) is 4.55. The van der Waals surface area contributed by atoms with Gasteiger partial charge in [0, 0.05) is 18.5 Å². The van der Waals surface area contributed by atoms with E-state index in [-0.39, 0.29) is 24.0 Å². The number of hydrogen-bond donors (Lipinski definition) is 3. The third-order valence-corrected chi connectivity index (χ3v) is 2.24. The summed E-state index contributed by atoms with van der Waals surface area (Å²) in [5.74, 6) is -1.31. The normalized spacial score (nSPS) is 11.8. The predicted octanol–water partition coefficient (Wildman–Crippen LogP) is 1.23. The Bertz CT molecular complexity index is 417. The van der Waals surface area contributed by atoms with E-state index in [0.717, 1.165) is 0 Å². The number of aliphatic carboxylic acids is 1. The van der Waals surface area contributed by atoms with Crippen molar-refractivity contribution in [2.45, 2.75) is 13.3 Å². The van der Waals surface area contributed by atoms with Crippen LogP contribution in [0, 0.1) is 5.92 Å². The molecule has 0 aromatic heterocycles. The van der Waals surface area contributed by atoms with E-state index in [1.807, 2.05) is 0 Å². The lowest BCUT2D eigenvalue weighted by Gasteiger charge is -2.10. The minimum Gasteiger partial charge on any atom is -0.508 e. The van der Waals surface area contributed by atoms with Crippen molar-refractivity contribution < 1.29 is 19.8 Å². The van der Waals surface area contributed by atoms with Gasteiger partial charge in [0.05, 0.1) is 0 Å². The zero-order valence-electron chi connectivity index (χ0n) is 9.51. The molecule has 0 aliphatic carbocycles. The Morgan fingerprint density at radius 3 is 2.71 bits per heavy atom. The highest BCUT2D eigenvalue weighted by Crippen LogP contribution is 2.10. The van der Waals surface area contributed by atoms with E-state index in [1.54, 1.807) is 19.1 Å². The van der Waals surface area contributed by atoms with E-state index in [0.29, 0.717) is 12.1 Å². The number of carboxylic acids is 1. The summed E-state index contributed by atoms with van der Waals surface area (Å²) in [5.41, 5.74) is 0.354. The molecule has 1 rings (SSSR count). The molecular weight excluding hydrogens is 222 g/mol. The first-order valence-corrected chi connectivity index (χ1v) is 5.28. The predicted molar refractivity (Wildman–Crippen MR) is 61.9 cm³/mol. The van der Waals surface area contributed by atoms with Gasteiger partial charge in [-0.1, -0.05) is 13.0 Å². The quantitative estimate of drug-likeness (QED) is 0.719. The van der Waals surface area contributed by atoms with E-state index in [2.05, 4.69) is 5.32 Å². The minimum atomic E-state index is -0.885. The van der Waals surface area contributed by atoms with Crippen LogP contribution in [0.15, 0.2) is 24.3 Å². The maximum atomic E-state index is 11.6. The van der Waals surface area contributed by atoms with E-state index < -0.39 is 5.97 Å². The van der Waals surface area contributed by atoms with Crippen molar-refractivity contribution in [1.29, 1.82) is 0 Å². The second kappa shape index (κ2) is 5.89. The van der Waals surface area contributed by atoms with Gasteiger partial charge < -0.3 is 15.5 Å². The number of carbonyl (C=O) groups excluding carboxylic acids is 1. The summed E-state index contributed by atoms with van der Waals surface area (Å²) < 4.78 is 0. The van der Waals surface area contributed by atoms with Crippen molar-refractivity contribution in [3.63, 3.8) is 0 Å². The van der Waals surface area contributed by atoms with Crippen molar-refractivity contribution in [1.82, 2.24) is 5.32 Å². The van der Waals surface area contributed by atoms with Gasteiger partial charge in [0.25, 0.3) is 5.91 Å². The smallest absolute Gasteiger partial charge is 0.303 e. The second-order valence-electron chi connectivity index (χ2n) is 3.96. The van der Waals surface area contributed by atoms with Crippen molar-refractivity contribution in [2.75, 3.05) is 6.54 Å². The van der Waals surface area contributed by atoms with Crippen LogP contribution >= 0.6 is 0 Å². The van der Waals surface area contributed by atoms with Crippen LogP contribution in [0.3, 0.4) is 0 Å². The van der Waals surface area contributed by atoms with Gasteiger partial charge in [-0.25, -0.2) is 0 Å². The molecule has 0 bridgehead atoms. The molecule has 1 unspecified atom stereocenters. The molecule has 1 atom stereocenters. The molecule has 17 heavy (non-hydrogen) atoms. The van der Waals surface area contributed by atoms with E-state index in [1.165, 1.54) is 12.1 Å². The Hall–Kier alpha value is -2.04. The molecule has 0 heterocycles. The van der Waals surface area contributed by atoms with Gasteiger partial charge in [0.2, 0.25) is 0 Å². The number of nitrogens with one attached hydrogen (secondary N) is 1. The maximum Gasteiger partial charge on any atom is 0.303 e. The lowest BCUT2D eigenvalue weighted by molar-refractivity contribution is -0.137. The Morgan fingerprint density at radius 2 is 2.12 bits per heavy atom. The van der Waals surface area contributed by atoms with Gasteiger partial charge in [-0.05, 0) is 24.1 Å². The van der Waals surface area contributed by atoms with Crippen LogP contribution in [0.1, 0.15) is 23.7 Å². The summed E-state index contributed by atoms with van der Waals surface area (Å²) >= 11 is 0. The molecule has 0 aliphatic rings. The van der Waals surface area contributed by atoms with Crippen LogP contribution in [0.2, 0.25) is 0 Å². The molecule has 5 heteroatoms. The Morgan fingerprint density at radius 1 is 1.41 bits per heavy atom. The highest BCUT2D eigenvalue weighted by molar-refractivity contribution is 5.94. The number of phenolic OH excluding ortho intramolecular Hbond substituents is 1. The van der Waals surface area contributed by atoms with Crippen molar-refractivity contribution >= 4 is 11.9 Å². The summed E-state index contributed by atoms with van der Waals surface area (Å²) in [6, 6.07) is 5.99. The Balaban J connectivity index is 2.47. The molecule has 0 radical (unpaired) electrons. The Labute approximate surface area is 99.1 Å². The number of carbonyl (C=O) groups is 2. The van der Waals surface area contributed by atoms with Gasteiger partial charge in [-0.2, -0.15) is 0 Å². The van der Waals surface area contributed by atoms with Gasteiger partial charge in [-0.15, -0.1) is 0 Å². The number of carboxylic acid groups (broad SMARTS) is 1. The van der Waals surface area contributed by atoms with E-state index in [9.17, 15) is 14.7 Å². The number of benzene rings is 1. The lowest BCUT2D eigenvalue weighted by Crippen LogP contribution is -2.29. The van der Waals surface area contributed by atoms with Crippen LogP contribution in [0.25, 0.3) is 0 Å². The largest absolute Gasteiger partial charge is 0.508 e. The number of aromatic hydroxyl groups is 1. The summed E-state index contributed by atoms with van der Waals surface area (Å²) in [6.45, 7) is 2.04. The molecule has 1 amide bonds. The minimum absolute atomic E-state index is 0.0142. The highest BCUT2D eigenvalue weighted by Gasteiger charge is 2.10. The van der Waals surface area contributed by atoms with E-state index in [4.69, 9.17) is 5.11 Å². The molecular formula is C12H15NO4. The SMILES string of the molecule is CC(CNC(=O)c1cccc(O)c1)CC(=O)O. The molecule has 1 aromatic carbocycles. The van der Waals surface area contributed by atoms with Crippen LogP contribution in [0.5, 0.6) is 5.75 Å². The molecule has 92 valence electrons. The molecule has 0 fully saturated rings. The van der Waals surface area contributed by atoms with Crippen LogP contribution in [-0.4, -0.2) is 28.6 Å². The van der Waals surface area contributed by atoms with Crippen LogP contribution < -0.4 is 5.32 Å². The lowest BCUT2D eigenvalue weighted by atomic mass is 10.1. The molecule has 0 spiro atoms. The average Bonchev–Trinajstić information content (AvgIpc) is 2.25. The first-order valence-electron chi connectivity index (χ1n) is 5.28. The Kier molecular flexibility index (Phi) is 4.51. The van der Waals surface area contributed by atoms with Crippen LogP contribution in [-0.2, 0) is 4.79 Å². The number of rotatable bonds is 5. The number of amides is 1. The third-order valence-electron chi connectivity index (χ3n) is 2.24. The van der Waals surface area contributed by atoms with Gasteiger partial charge in [0.15, 0.2) is 0 Å². The molecule has 0 aliphatic heterocycles. The fourth-order valence-corrected chi connectivity index (χ4v) is 1.39. The first kappa shape index (κ1) is 13.0. The summed E-state index contributed by atoms with van der Waals surface area (Å²) in [7, 11) is 0. The van der Waals surface area contributed by atoms with Crippen molar-refractivity contribution in [2.24, 2.45) is 5.92 Å².